The zero-order chi connectivity index (χ0) is 16.2. The van der Waals surface area contributed by atoms with Gasteiger partial charge in [-0.2, -0.15) is 9.61 Å². The van der Waals surface area contributed by atoms with Crippen LogP contribution in [-0.2, 0) is 17.6 Å². The predicted octanol–water partition coefficient (Wildman–Crippen LogP) is 2.78. The lowest BCUT2D eigenvalue weighted by Crippen LogP contribution is -2.25. The number of halogens is 2. The molecule has 0 saturated carbocycles. The highest BCUT2D eigenvalue weighted by Gasteiger charge is 2.08. The van der Waals surface area contributed by atoms with Gasteiger partial charge >= 0.3 is 0 Å². The Kier molecular flexibility index (Phi) is 5.09. The van der Waals surface area contributed by atoms with Gasteiger partial charge in [-0.25, -0.2) is 0 Å². The van der Waals surface area contributed by atoms with Crippen LogP contribution in [0.4, 0.5) is 0 Å². The molecule has 0 radical (unpaired) electrons. The van der Waals surface area contributed by atoms with Crippen molar-refractivity contribution in [2.24, 2.45) is 0 Å². The fourth-order valence-corrected chi connectivity index (χ4v) is 3.39. The van der Waals surface area contributed by atoms with Crippen molar-refractivity contribution in [1.29, 1.82) is 0 Å². The van der Waals surface area contributed by atoms with Gasteiger partial charge < -0.3 is 5.32 Å². The fraction of sp³-hybridized carbons (Fsp3) is 0.286. The first-order chi connectivity index (χ1) is 11.1. The molecule has 1 N–H and O–H groups in total. The van der Waals surface area contributed by atoms with Crippen LogP contribution in [0.5, 0.6) is 0 Å². The van der Waals surface area contributed by atoms with Gasteiger partial charge in [-0.1, -0.05) is 40.6 Å². The maximum atomic E-state index is 11.9. The number of benzene rings is 1. The molecule has 0 aliphatic rings. The first-order valence-corrected chi connectivity index (χ1v) is 8.55. The molecule has 0 saturated heterocycles. The Labute approximate surface area is 146 Å². The number of aryl methyl sites for hydroxylation is 1. The molecule has 0 spiro atoms. The van der Waals surface area contributed by atoms with Crippen molar-refractivity contribution in [2.75, 3.05) is 6.54 Å². The first kappa shape index (κ1) is 16.2. The molecule has 0 atom stereocenters. The predicted molar refractivity (Wildman–Crippen MR) is 90.2 cm³/mol. The van der Waals surface area contributed by atoms with E-state index in [1.165, 1.54) is 11.3 Å². The van der Waals surface area contributed by atoms with E-state index in [-0.39, 0.29) is 5.91 Å². The lowest BCUT2D eigenvalue weighted by Gasteiger charge is -2.06. The van der Waals surface area contributed by atoms with E-state index in [0.717, 1.165) is 15.5 Å². The molecule has 3 aromatic rings. The molecule has 23 heavy (non-hydrogen) atoms. The molecule has 9 heteroatoms. The van der Waals surface area contributed by atoms with Gasteiger partial charge in [0, 0.05) is 29.4 Å². The molecule has 6 nitrogen and oxygen atoms in total. The molecule has 3 rings (SSSR count). The highest BCUT2D eigenvalue weighted by molar-refractivity contribution is 7.16. The maximum Gasteiger partial charge on any atom is 0.234 e. The Morgan fingerprint density at radius 1 is 1.30 bits per heavy atom. The molecule has 0 unspecified atom stereocenters. The zero-order valence-electron chi connectivity index (χ0n) is 12.0. The summed E-state index contributed by atoms with van der Waals surface area (Å²) in [5.41, 5.74) is 0.963. The molecular weight excluding hydrogens is 357 g/mol. The number of fused-ring (bicyclic) bond motifs is 1. The molecule has 1 aromatic carbocycles. The highest BCUT2D eigenvalue weighted by atomic mass is 35.5. The smallest absolute Gasteiger partial charge is 0.234 e. The number of carbonyl (C=O) groups is 1. The van der Waals surface area contributed by atoms with E-state index in [2.05, 4.69) is 20.6 Å². The first-order valence-electron chi connectivity index (χ1n) is 6.98. The second-order valence-electron chi connectivity index (χ2n) is 4.89. The summed E-state index contributed by atoms with van der Waals surface area (Å²) < 4.78 is 1.61. The summed E-state index contributed by atoms with van der Waals surface area (Å²) in [6.45, 7) is 0.533. The maximum absolute atomic E-state index is 11.9. The van der Waals surface area contributed by atoms with Crippen LogP contribution in [0.25, 0.3) is 4.96 Å². The van der Waals surface area contributed by atoms with E-state index in [4.69, 9.17) is 23.2 Å². The summed E-state index contributed by atoms with van der Waals surface area (Å²) in [4.78, 5) is 12.6. The van der Waals surface area contributed by atoms with Crippen LogP contribution >= 0.6 is 34.5 Å². The quantitative estimate of drug-likeness (QED) is 0.724. The number of amides is 1. The lowest BCUT2D eigenvalue weighted by molar-refractivity contribution is -0.121. The van der Waals surface area contributed by atoms with Crippen molar-refractivity contribution >= 4 is 45.4 Å². The van der Waals surface area contributed by atoms with Gasteiger partial charge in [0.05, 0.1) is 0 Å². The van der Waals surface area contributed by atoms with Crippen molar-refractivity contribution in [2.45, 2.75) is 19.3 Å². The van der Waals surface area contributed by atoms with E-state index in [1.54, 1.807) is 23.0 Å². The second-order valence-corrected chi connectivity index (χ2v) is 6.77. The average molecular weight is 370 g/mol. The summed E-state index contributed by atoms with van der Waals surface area (Å²) in [7, 11) is 0. The molecule has 2 aromatic heterocycles. The van der Waals surface area contributed by atoms with Crippen LogP contribution in [0.3, 0.4) is 0 Å². The minimum Gasteiger partial charge on any atom is -0.356 e. The highest BCUT2D eigenvalue weighted by Crippen LogP contribution is 2.21. The Bertz CT molecular complexity index is 803. The van der Waals surface area contributed by atoms with Crippen LogP contribution < -0.4 is 5.32 Å². The van der Waals surface area contributed by atoms with E-state index >= 15 is 0 Å². The number of rotatable bonds is 6. The van der Waals surface area contributed by atoms with Gasteiger partial charge in [-0.3, -0.25) is 4.79 Å². The van der Waals surface area contributed by atoms with Crippen molar-refractivity contribution in [3.05, 3.63) is 45.1 Å². The average Bonchev–Trinajstić information content (AvgIpc) is 3.08. The minimum absolute atomic E-state index is 0.0129. The number of hydrogen-bond acceptors (Lipinski definition) is 5. The molecule has 0 aliphatic heterocycles. The molecule has 2 heterocycles. The number of nitrogens with zero attached hydrogens (tertiary/aromatic N) is 4. The van der Waals surface area contributed by atoms with Crippen molar-refractivity contribution < 1.29 is 4.79 Å². The fourth-order valence-electron chi connectivity index (χ4n) is 2.07. The van der Waals surface area contributed by atoms with Crippen LogP contribution in [0, 0.1) is 0 Å². The van der Waals surface area contributed by atoms with Crippen LogP contribution in [0.15, 0.2) is 24.5 Å². The normalized spacial score (nSPS) is 11.0. The van der Waals surface area contributed by atoms with Gasteiger partial charge in [-0.05, 0) is 24.1 Å². The summed E-state index contributed by atoms with van der Waals surface area (Å²) in [6, 6.07) is 5.36. The number of nitrogens with one attached hydrogen (secondary N) is 1. The molecule has 1 amide bonds. The van der Waals surface area contributed by atoms with Crippen molar-refractivity contribution in [3.8, 4) is 0 Å². The Hall–Kier alpha value is -1.70. The Balaban J connectivity index is 1.43. The number of aromatic nitrogens is 4. The Morgan fingerprint density at radius 2 is 2.17 bits per heavy atom. The standard InChI is InChI=1S/C14H13Cl2N5OS/c15-10-2-1-9(11(16)7-10)5-6-17-12(22)3-4-13-20-21-8-18-19-14(21)23-13/h1-2,7-8H,3-6H2,(H,17,22). The SMILES string of the molecule is O=C(CCc1nn2cnnc2s1)NCCc1ccc(Cl)cc1Cl. The van der Waals surface area contributed by atoms with Crippen LogP contribution in [0.2, 0.25) is 10.0 Å². The monoisotopic (exact) mass is 369 g/mol. The van der Waals surface area contributed by atoms with Crippen molar-refractivity contribution in [1.82, 2.24) is 25.1 Å². The van der Waals surface area contributed by atoms with E-state index in [9.17, 15) is 4.79 Å². The third-order valence-electron chi connectivity index (χ3n) is 3.23. The van der Waals surface area contributed by atoms with Gasteiger partial charge in [0.25, 0.3) is 0 Å². The molecule has 120 valence electrons. The van der Waals surface area contributed by atoms with Crippen LogP contribution in [0.1, 0.15) is 17.0 Å². The third-order valence-corrected chi connectivity index (χ3v) is 4.79. The zero-order valence-corrected chi connectivity index (χ0v) is 14.3. The van der Waals surface area contributed by atoms with Gasteiger partial charge in [0.1, 0.15) is 11.3 Å². The largest absolute Gasteiger partial charge is 0.356 e. The minimum atomic E-state index is -0.0129. The van der Waals surface area contributed by atoms with E-state index < -0.39 is 0 Å². The molecule has 0 bridgehead atoms. The summed E-state index contributed by atoms with van der Waals surface area (Å²) in [6.07, 6.45) is 3.18. The summed E-state index contributed by atoms with van der Waals surface area (Å²) in [5, 5.41) is 16.9. The summed E-state index contributed by atoms with van der Waals surface area (Å²) in [5.74, 6) is -0.0129. The second kappa shape index (κ2) is 7.25. The number of carbonyl (C=O) groups excluding carboxylic acids is 1. The van der Waals surface area contributed by atoms with Gasteiger partial charge in [0.15, 0.2) is 0 Å². The van der Waals surface area contributed by atoms with Crippen molar-refractivity contribution in [3.63, 3.8) is 0 Å². The summed E-state index contributed by atoms with van der Waals surface area (Å²) >= 11 is 13.4. The molecular formula is C14H13Cl2N5OS. The topological polar surface area (TPSA) is 72.2 Å². The molecule has 0 fully saturated rings. The number of hydrogen-bond donors (Lipinski definition) is 1. The lowest BCUT2D eigenvalue weighted by atomic mass is 10.1. The third kappa shape index (κ3) is 4.19. The van der Waals surface area contributed by atoms with Crippen LogP contribution in [-0.4, -0.2) is 32.3 Å². The van der Waals surface area contributed by atoms with E-state index in [0.29, 0.717) is 35.9 Å². The van der Waals surface area contributed by atoms with Gasteiger partial charge in [-0.15, -0.1) is 10.2 Å². The van der Waals surface area contributed by atoms with E-state index in [1.807, 2.05) is 6.07 Å². The van der Waals surface area contributed by atoms with Gasteiger partial charge in [0.2, 0.25) is 10.9 Å². The Morgan fingerprint density at radius 3 is 2.96 bits per heavy atom. The molecule has 0 aliphatic carbocycles.